The molecule has 0 aromatic rings. The Labute approximate surface area is 96.9 Å². The van der Waals surface area contributed by atoms with Gasteiger partial charge in [0.2, 0.25) is 0 Å². The molecular formula is C8H14N4O3S. The molecule has 0 heterocycles. The van der Waals surface area contributed by atoms with Crippen molar-refractivity contribution in [2.75, 3.05) is 0 Å². The van der Waals surface area contributed by atoms with E-state index in [2.05, 4.69) is 10.2 Å². The molecule has 0 aliphatic heterocycles. The third kappa shape index (κ3) is 12.7. The monoisotopic (exact) mass is 246 g/mol. The van der Waals surface area contributed by atoms with Gasteiger partial charge in [0, 0.05) is 0 Å². The molecule has 0 bridgehead atoms. The van der Waals surface area contributed by atoms with Crippen LogP contribution in [0.2, 0.25) is 0 Å². The quantitative estimate of drug-likeness (QED) is 0.565. The van der Waals surface area contributed by atoms with Crippen LogP contribution in [0.4, 0.5) is 0 Å². The molecule has 0 aliphatic carbocycles. The first-order valence-corrected chi connectivity index (χ1v) is 5.19. The lowest BCUT2D eigenvalue weighted by molar-refractivity contribution is 0.454. The third-order valence-electron chi connectivity index (χ3n) is 1.10. The van der Waals surface area contributed by atoms with Gasteiger partial charge in [-0.2, -0.15) is 25.0 Å². The summed E-state index contributed by atoms with van der Waals surface area (Å²) in [6.45, 7) is 6.57. The highest BCUT2D eigenvalue weighted by Gasteiger charge is 2.19. The lowest BCUT2D eigenvalue weighted by Crippen LogP contribution is -2.17. The number of rotatable bonds is 2. The minimum atomic E-state index is -2.61. The molecule has 0 radical (unpaired) electrons. The van der Waals surface area contributed by atoms with Crippen molar-refractivity contribution in [3.05, 3.63) is 0 Å². The van der Waals surface area contributed by atoms with Crippen molar-refractivity contribution in [1.29, 1.82) is 10.5 Å². The van der Waals surface area contributed by atoms with E-state index in [0.717, 1.165) is 0 Å². The summed E-state index contributed by atoms with van der Waals surface area (Å²) in [4.78, 5) is 0. The van der Waals surface area contributed by atoms with Crippen LogP contribution in [0.25, 0.3) is 0 Å². The van der Waals surface area contributed by atoms with Gasteiger partial charge < -0.3 is 0 Å². The van der Waals surface area contributed by atoms with Crippen molar-refractivity contribution >= 4 is 11.4 Å². The summed E-state index contributed by atoms with van der Waals surface area (Å²) in [7, 11) is 0. The molecule has 0 saturated heterocycles. The molecule has 0 aromatic carbocycles. The molecule has 0 unspecified atom stereocenters. The molecule has 0 aromatic heterocycles. The van der Waals surface area contributed by atoms with E-state index < -0.39 is 22.4 Å². The Hall–Kier alpha value is -1.35. The van der Waals surface area contributed by atoms with Gasteiger partial charge in [-0.25, -0.2) is 0 Å². The third-order valence-corrected chi connectivity index (χ3v) is 1.10. The number of nitriles is 2. The van der Waals surface area contributed by atoms with E-state index in [1.54, 1.807) is 27.7 Å². The summed E-state index contributed by atoms with van der Waals surface area (Å²) in [6, 6.07) is 3.94. The molecule has 16 heavy (non-hydrogen) atoms. The summed E-state index contributed by atoms with van der Waals surface area (Å²) >= 11 is -2.61. The summed E-state index contributed by atoms with van der Waals surface area (Å²) in [5.74, 6) is 0. The standard InChI is InChI=1S/C8H12N4.H2O3S/c1-7(2,5-9)11-12-8(3,4)6-10;1-4(2)3/h1-4H3;(H2,1,2,3). The van der Waals surface area contributed by atoms with Gasteiger partial charge in [-0.1, -0.05) is 0 Å². The molecule has 0 rings (SSSR count). The smallest absolute Gasteiger partial charge is 0.284 e. The predicted octanol–water partition coefficient (Wildman–Crippen LogP) is 1.72. The van der Waals surface area contributed by atoms with Gasteiger partial charge in [0.15, 0.2) is 11.1 Å². The van der Waals surface area contributed by atoms with Crippen LogP contribution in [0.5, 0.6) is 0 Å². The van der Waals surface area contributed by atoms with Gasteiger partial charge in [0.25, 0.3) is 11.4 Å². The average Bonchev–Trinajstić information content (AvgIpc) is 2.15. The Morgan fingerprint density at radius 1 is 1.00 bits per heavy atom. The number of hydrogen-bond acceptors (Lipinski definition) is 5. The Kier molecular flexibility index (Phi) is 7.48. The zero-order chi connectivity index (χ0) is 13.4. The van der Waals surface area contributed by atoms with E-state index in [1.807, 2.05) is 12.1 Å². The van der Waals surface area contributed by atoms with E-state index in [1.165, 1.54) is 0 Å². The topological polar surface area (TPSA) is 130 Å². The van der Waals surface area contributed by atoms with Crippen LogP contribution in [-0.4, -0.2) is 24.4 Å². The SMILES string of the molecule is CC(C)(C#N)N=NC(C)(C)C#N.O=S(O)O. The Balaban J connectivity index is 0. The number of nitrogens with zero attached hydrogens (tertiary/aromatic N) is 4. The Morgan fingerprint density at radius 3 is 1.31 bits per heavy atom. The molecule has 0 aliphatic rings. The Morgan fingerprint density at radius 2 is 1.19 bits per heavy atom. The highest BCUT2D eigenvalue weighted by Crippen LogP contribution is 2.13. The van der Waals surface area contributed by atoms with Gasteiger partial charge in [0.05, 0.1) is 12.1 Å². The van der Waals surface area contributed by atoms with Gasteiger partial charge in [-0.15, -0.1) is 0 Å². The maximum Gasteiger partial charge on any atom is 0.299 e. The maximum atomic E-state index is 8.67. The highest BCUT2D eigenvalue weighted by molar-refractivity contribution is 7.73. The van der Waals surface area contributed by atoms with Crippen LogP contribution in [0.15, 0.2) is 10.2 Å². The van der Waals surface area contributed by atoms with Crippen molar-refractivity contribution in [2.45, 2.75) is 38.8 Å². The molecule has 7 nitrogen and oxygen atoms in total. The molecule has 0 saturated carbocycles. The fourth-order valence-electron chi connectivity index (χ4n) is 0.295. The molecular weight excluding hydrogens is 232 g/mol. The predicted molar refractivity (Wildman–Crippen MR) is 57.6 cm³/mol. The van der Waals surface area contributed by atoms with Crippen molar-refractivity contribution in [3.63, 3.8) is 0 Å². The highest BCUT2D eigenvalue weighted by atomic mass is 32.2. The van der Waals surface area contributed by atoms with Crippen molar-refractivity contribution in [1.82, 2.24) is 0 Å². The van der Waals surface area contributed by atoms with Crippen LogP contribution in [0.1, 0.15) is 27.7 Å². The first kappa shape index (κ1) is 17.1. The molecule has 8 heteroatoms. The van der Waals surface area contributed by atoms with Gasteiger partial charge in [-0.3, -0.25) is 9.11 Å². The average molecular weight is 246 g/mol. The molecule has 90 valence electrons. The molecule has 0 atom stereocenters. The zero-order valence-electron chi connectivity index (χ0n) is 9.50. The second-order valence-corrected chi connectivity index (χ2v) is 4.23. The van der Waals surface area contributed by atoms with E-state index in [4.69, 9.17) is 23.8 Å². The second kappa shape index (κ2) is 7.01. The van der Waals surface area contributed by atoms with Crippen LogP contribution >= 0.6 is 0 Å². The number of hydrogen-bond donors (Lipinski definition) is 2. The van der Waals surface area contributed by atoms with Crippen LogP contribution in [-0.2, 0) is 11.4 Å². The number of azo groups is 1. The minimum absolute atomic E-state index is 0.839. The van der Waals surface area contributed by atoms with Gasteiger partial charge >= 0.3 is 0 Å². The normalized spacial score (nSPS) is 11.6. The van der Waals surface area contributed by atoms with Crippen LogP contribution in [0.3, 0.4) is 0 Å². The fraction of sp³-hybridized carbons (Fsp3) is 0.750. The first-order chi connectivity index (χ1) is 7.06. The zero-order valence-corrected chi connectivity index (χ0v) is 10.3. The second-order valence-electron chi connectivity index (χ2n) is 3.77. The largest absolute Gasteiger partial charge is 0.299 e. The Bertz CT molecular complexity index is 319. The summed E-state index contributed by atoms with van der Waals surface area (Å²) in [5, 5.41) is 24.7. The molecule has 0 spiro atoms. The molecule has 0 fully saturated rings. The maximum absolute atomic E-state index is 8.67. The van der Waals surface area contributed by atoms with Crippen molar-refractivity contribution < 1.29 is 13.3 Å². The van der Waals surface area contributed by atoms with E-state index in [9.17, 15) is 0 Å². The van der Waals surface area contributed by atoms with E-state index >= 15 is 0 Å². The summed E-state index contributed by atoms with van der Waals surface area (Å²) < 4.78 is 22.8. The van der Waals surface area contributed by atoms with Crippen molar-refractivity contribution in [3.8, 4) is 12.1 Å². The lowest BCUT2D eigenvalue weighted by atomic mass is 10.1. The summed E-state index contributed by atoms with van der Waals surface area (Å²) in [6.07, 6.45) is 0. The molecule has 2 N–H and O–H groups in total. The summed E-state index contributed by atoms with van der Waals surface area (Å²) in [5.41, 5.74) is -1.68. The minimum Gasteiger partial charge on any atom is -0.284 e. The van der Waals surface area contributed by atoms with Crippen LogP contribution < -0.4 is 0 Å². The van der Waals surface area contributed by atoms with Crippen molar-refractivity contribution in [2.24, 2.45) is 10.2 Å². The fourth-order valence-corrected chi connectivity index (χ4v) is 0.295. The van der Waals surface area contributed by atoms with Gasteiger partial charge in [0.1, 0.15) is 0 Å². The van der Waals surface area contributed by atoms with E-state index in [-0.39, 0.29) is 0 Å². The lowest BCUT2D eigenvalue weighted by Gasteiger charge is -2.11. The van der Waals surface area contributed by atoms with Crippen LogP contribution in [0, 0.1) is 22.7 Å². The molecule has 0 amide bonds. The van der Waals surface area contributed by atoms with Gasteiger partial charge in [-0.05, 0) is 27.7 Å². The van der Waals surface area contributed by atoms with E-state index in [0.29, 0.717) is 0 Å². The first-order valence-electron chi connectivity index (χ1n) is 4.13.